The van der Waals surface area contributed by atoms with Gasteiger partial charge in [-0.2, -0.15) is 0 Å². The van der Waals surface area contributed by atoms with E-state index in [9.17, 15) is 0 Å². The average Bonchev–Trinajstić information content (AvgIpc) is 2.95. The number of hydrogen-bond acceptors (Lipinski definition) is 4. The SMILES string of the molecule is COc1ccc(CC2CCCCC2)cc1-c1cc(N)on1. The zero-order chi connectivity index (χ0) is 14.7. The monoisotopic (exact) mass is 286 g/mol. The Hall–Kier alpha value is -1.97. The average molecular weight is 286 g/mol. The van der Waals surface area contributed by atoms with Crippen LogP contribution < -0.4 is 10.5 Å². The van der Waals surface area contributed by atoms with Crippen LogP contribution in [0.15, 0.2) is 28.8 Å². The maximum atomic E-state index is 5.62. The van der Waals surface area contributed by atoms with Gasteiger partial charge in [0.1, 0.15) is 11.4 Å². The Morgan fingerprint density at radius 3 is 2.71 bits per heavy atom. The molecule has 0 bridgehead atoms. The second-order valence-corrected chi connectivity index (χ2v) is 5.86. The Morgan fingerprint density at radius 1 is 1.24 bits per heavy atom. The lowest BCUT2D eigenvalue weighted by Gasteiger charge is -2.21. The topological polar surface area (TPSA) is 61.3 Å². The van der Waals surface area contributed by atoms with Gasteiger partial charge in [-0.15, -0.1) is 0 Å². The minimum Gasteiger partial charge on any atom is -0.496 e. The molecule has 1 heterocycles. The molecule has 3 rings (SSSR count). The van der Waals surface area contributed by atoms with Crippen molar-refractivity contribution in [3.8, 4) is 17.0 Å². The van der Waals surface area contributed by atoms with Crippen LogP contribution in [0.2, 0.25) is 0 Å². The third-order valence-electron chi connectivity index (χ3n) is 4.32. The molecule has 4 nitrogen and oxygen atoms in total. The first-order valence-electron chi connectivity index (χ1n) is 7.66. The minimum absolute atomic E-state index is 0.324. The van der Waals surface area contributed by atoms with E-state index in [2.05, 4.69) is 17.3 Å². The van der Waals surface area contributed by atoms with Crippen LogP contribution in [-0.2, 0) is 6.42 Å². The minimum atomic E-state index is 0.324. The number of nitrogens with zero attached hydrogens (tertiary/aromatic N) is 1. The molecular weight excluding hydrogens is 264 g/mol. The van der Waals surface area contributed by atoms with Gasteiger partial charge < -0.3 is 15.0 Å². The molecule has 0 unspecified atom stereocenters. The number of nitrogens with two attached hydrogens (primary N) is 1. The van der Waals surface area contributed by atoms with Crippen LogP contribution in [0, 0.1) is 5.92 Å². The predicted octanol–water partition coefficient (Wildman–Crippen LogP) is 4.06. The van der Waals surface area contributed by atoms with Crippen molar-refractivity contribution in [3.05, 3.63) is 29.8 Å². The van der Waals surface area contributed by atoms with E-state index in [1.54, 1.807) is 13.2 Å². The number of benzene rings is 1. The summed E-state index contributed by atoms with van der Waals surface area (Å²) in [6.07, 6.45) is 7.95. The lowest BCUT2D eigenvalue weighted by Crippen LogP contribution is -2.09. The molecule has 0 spiro atoms. The molecule has 1 aliphatic carbocycles. The van der Waals surface area contributed by atoms with Gasteiger partial charge in [0.05, 0.1) is 7.11 Å². The van der Waals surface area contributed by atoms with Crippen LogP contribution in [0.4, 0.5) is 5.88 Å². The zero-order valence-corrected chi connectivity index (χ0v) is 12.5. The van der Waals surface area contributed by atoms with E-state index in [4.69, 9.17) is 15.0 Å². The van der Waals surface area contributed by atoms with E-state index in [1.165, 1.54) is 37.7 Å². The second-order valence-electron chi connectivity index (χ2n) is 5.86. The first-order valence-corrected chi connectivity index (χ1v) is 7.66. The third-order valence-corrected chi connectivity index (χ3v) is 4.32. The first kappa shape index (κ1) is 14.0. The fourth-order valence-corrected chi connectivity index (χ4v) is 3.22. The molecule has 0 radical (unpaired) electrons. The standard InChI is InChI=1S/C17H22N2O2/c1-20-16-8-7-13(9-12-5-3-2-4-6-12)10-14(16)15-11-17(18)21-19-15/h7-8,10-12H,2-6,9,18H2,1H3. The maximum absolute atomic E-state index is 5.62. The normalized spacial score (nSPS) is 16.0. The Balaban J connectivity index is 1.85. The molecule has 0 atom stereocenters. The van der Waals surface area contributed by atoms with Gasteiger partial charge in [-0.25, -0.2) is 0 Å². The van der Waals surface area contributed by atoms with Gasteiger partial charge in [0.25, 0.3) is 0 Å². The zero-order valence-electron chi connectivity index (χ0n) is 12.5. The van der Waals surface area contributed by atoms with E-state index >= 15 is 0 Å². The van der Waals surface area contributed by atoms with Crippen molar-refractivity contribution >= 4 is 5.88 Å². The number of nitrogen functional groups attached to an aromatic ring is 1. The largest absolute Gasteiger partial charge is 0.496 e. The van der Waals surface area contributed by atoms with Gasteiger partial charge in [0.15, 0.2) is 0 Å². The Labute approximate surface area is 125 Å². The fourth-order valence-electron chi connectivity index (χ4n) is 3.22. The molecule has 1 aliphatic rings. The van der Waals surface area contributed by atoms with Crippen molar-refractivity contribution < 1.29 is 9.26 Å². The summed E-state index contributed by atoms with van der Waals surface area (Å²) in [4.78, 5) is 0. The lowest BCUT2D eigenvalue weighted by molar-refractivity contribution is 0.356. The highest BCUT2D eigenvalue weighted by Gasteiger charge is 2.16. The van der Waals surface area contributed by atoms with E-state index < -0.39 is 0 Å². The molecule has 2 N–H and O–H groups in total. The van der Waals surface area contributed by atoms with Crippen LogP contribution in [0.3, 0.4) is 0 Å². The van der Waals surface area contributed by atoms with Gasteiger partial charge in [0.2, 0.25) is 5.88 Å². The Kier molecular flexibility index (Phi) is 4.13. The summed E-state index contributed by atoms with van der Waals surface area (Å²) >= 11 is 0. The third kappa shape index (κ3) is 3.20. The van der Waals surface area contributed by atoms with E-state index in [-0.39, 0.29) is 0 Å². The second kappa shape index (κ2) is 6.20. The molecule has 0 aliphatic heterocycles. The molecule has 21 heavy (non-hydrogen) atoms. The number of methoxy groups -OCH3 is 1. The summed E-state index contributed by atoms with van der Waals surface area (Å²) in [5.41, 5.74) is 8.64. The highest BCUT2D eigenvalue weighted by atomic mass is 16.5. The van der Waals surface area contributed by atoms with E-state index in [0.29, 0.717) is 5.88 Å². The molecule has 0 saturated heterocycles. The first-order chi connectivity index (χ1) is 10.3. The molecule has 1 aromatic heterocycles. The number of aromatic nitrogens is 1. The summed E-state index contributed by atoms with van der Waals surface area (Å²) in [6, 6.07) is 8.06. The van der Waals surface area contributed by atoms with Crippen molar-refractivity contribution in [2.75, 3.05) is 12.8 Å². The van der Waals surface area contributed by atoms with Gasteiger partial charge >= 0.3 is 0 Å². The highest BCUT2D eigenvalue weighted by molar-refractivity contribution is 5.69. The molecule has 112 valence electrons. The van der Waals surface area contributed by atoms with Crippen molar-refractivity contribution in [2.45, 2.75) is 38.5 Å². The van der Waals surface area contributed by atoms with Crippen LogP contribution in [0.1, 0.15) is 37.7 Å². The van der Waals surface area contributed by atoms with E-state index in [0.717, 1.165) is 29.3 Å². The number of ether oxygens (including phenoxy) is 1. The number of rotatable bonds is 4. The van der Waals surface area contributed by atoms with Gasteiger partial charge in [-0.05, 0) is 30.0 Å². The van der Waals surface area contributed by atoms with Crippen LogP contribution in [0.5, 0.6) is 5.75 Å². The maximum Gasteiger partial charge on any atom is 0.222 e. The molecule has 1 fully saturated rings. The van der Waals surface area contributed by atoms with Crippen LogP contribution in [0.25, 0.3) is 11.3 Å². The lowest BCUT2D eigenvalue weighted by atomic mass is 9.84. The van der Waals surface area contributed by atoms with Gasteiger partial charge in [-0.3, -0.25) is 0 Å². The summed E-state index contributed by atoms with van der Waals surface area (Å²) in [5.74, 6) is 1.93. The highest BCUT2D eigenvalue weighted by Crippen LogP contribution is 2.33. The van der Waals surface area contributed by atoms with Crippen LogP contribution in [-0.4, -0.2) is 12.3 Å². The van der Waals surface area contributed by atoms with Gasteiger partial charge in [-0.1, -0.05) is 43.3 Å². The summed E-state index contributed by atoms with van der Waals surface area (Å²) in [6.45, 7) is 0. The smallest absolute Gasteiger partial charge is 0.222 e. The molecular formula is C17H22N2O2. The molecule has 1 aromatic carbocycles. The van der Waals surface area contributed by atoms with Gasteiger partial charge in [0, 0.05) is 11.6 Å². The van der Waals surface area contributed by atoms with Crippen molar-refractivity contribution in [2.24, 2.45) is 5.92 Å². The van der Waals surface area contributed by atoms with Crippen LogP contribution >= 0.6 is 0 Å². The Morgan fingerprint density at radius 2 is 2.05 bits per heavy atom. The Bertz CT molecular complexity index is 601. The fraction of sp³-hybridized carbons (Fsp3) is 0.471. The van der Waals surface area contributed by atoms with E-state index in [1.807, 2.05) is 6.07 Å². The predicted molar refractivity (Wildman–Crippen MR) is 83.2 cm³/mol. The van der Waals surface area contributed by atoms with Crippen molar-refractivity contribution in [3.63, 3.8) is 0 Å². The molecule has 4 heteroatoms. The summed E-state index contributed by atoms with van der Waals surface area (Å²) < 4.78 is 10.4. The molecule has 2 aromatic rings. The van der Waals surface area contributed by atoms with Crippen molar-refractivity contribution in [1.29, 1.82) is 0 Å². The van der Waals surface area contributed by atoms with Crippen molar-refractivity contribution in [1.82, 2.24) is 5.16 Å². The quantitative estimate of drug-likeness (QED) is 0.920. The number of hydrogen-bond donors (Lipinski definition) is 1. The number of anilines is 1. The molecule has 1 saturated carbocycles. The summed E-state index contributed by atoms with van der Waals surface area (Å²) in [5, 5.41) is 4.00. The molecule has 0 amide bonds. The summed E-state index contributed by atoms with van der Waals surface area (Å²) in [7, 11) is 1.67.